The molecule has 0 radical (unpaired) electrons. The molecular weight excluding hydrogens is 346 g/mol. The van der Waals surface area contributed by atoms with E-state index in [-0.39, 0.29) is 6.61 Å². The maximum Gasteiger partial charge on any atom is 0.264 e. The largest absolute Gasteiger partial charge is 0.483 e. The number of aryl methyl sites for hydroxylation is 2. The minimum Gasteiger partial charge on any atom is -0.483 e. The van der Waals surface area contributed by atoms with Gasteiger partial charge in [-0.05, 0) is 49.2 Å². The minimum absolute atomic E-state index is 0.236. The molecule has 1 aromatic carbocycles. The Morgan fingerprint density at radius 3 is 2.68 bits per heavy atom. The van der Waals surface area contributed by atoms with Crippen molar-refractivity contribution in [2.75, 3.05) is 0 Å². The molecule has 0 spiro atoms. The van der Waals surface area contributed by atoms with Crippen molar-refractivity contribution in [1.82, 2.24) is 15.1 Å². The molecule has 2 heterocycles. The zero-order valence-electron chi connectivity index (χ0n) is 12.2. The second-order valence-corrected chi connectivity index (χ2v) is 5.76. The summed E-state index contributed by atoms with van der Waals surface area (Å²) < 4.78 is 12.1. The molecule has 22 heavy (non-hydrogen) atoms. The Morgan fingerprint density at radius 2 is 1.91 bits per heavy atom. The van der Waals surface area contributed by atoms with Crippen LogP contribution in [0.1, 0.15) is 17.0 Å². The number of aromatic nitrogens is 3. The van der Waals surface area contributed by atoms with Crippen LogP contribution < -0.4 is 4.74 Å². The summed E-state index contributed by atoms with van der Waals surface area (Å²) in [6, 6.07) is 7.68. The zero-order valence-corrected chi connectivity index (χ0v) is 13.8. The summed E-state index contributed by atoms with van der Waals surface area (Å²) in [6.45, 7) is 4.25. The first-order chi connectivity index (χ1) is 10.6. The van der Waals surface area contributed by atoms with Crippen LogP contribution in [-0.4, -0.2) is 15.1 Å². The molecule has 112 valence electrons. The smallest absolute Gasteiger partial charge is 0.264 e. The van der Waals surface area contributed by atoms with Crippen LogP contribution >= 0.6 is 15.9 Å². The molecule has 0 aliphatic heterocycles. The van der Waals surface area contributed by atoms with Gasteiger partial charge in [-0.2, -0.15) is 4.98 Å². The van der Waals surface area contributed by atoms with Gasteiger partial charge in [0.05, 0.1) is 0 Å². The molecule has 3 rings (SSSR count). The summed E-state index contributed by atoms with van der Waals surface area (Å²) in [4.78, 5) is 8.29. The molecule has 0 unspecified atom stereocenters. The number of pyridine rings is 1. The van der Waals surface area contributed by atoms with Crippen LogP contribution in [-0.2, 0) is 6.61 Å². The van der Waals surface area contributed by atoms with Crippen molar-refractivity contribution in [3.05, 3.63) is 58.1 Å². The lowest BCUT2D eigenvalue weighted by molar-refractivity contribution is 0.241. The predicted molar refractivity (Wildman–Crippen MR) is 85.5 cm³/mol. The van der Waals surface area contributed by atoms with Gasteiger partial charge in [0, 0.05) is 22.4 Å². The maximum atomic E-state index is 5.78. The molecule has 0 atom stereocenters. The number of rotatable bonds is 4. The normalized spacial score (nSPS) is 10.7. The van der Waals surface area contributed by atoms with Crippen molar-refractivity contribution in [2.45, 2.75) is 20.5 Å². The van der Waals surface area contributed by atoms with Gasteiger partial charge in [-0.3, -0.25) is 4.98 Å². The highest BCUT2D eigenvalue weighted by molar-refractivity contribution is 9.10. The number of halogens is 1. The van der Waals surface area contributed by atoms with Crippen LogP contribution in [0.2, 0.25) is 0 Å². The fourth-order valence-electron chi connectivity index (χ4n) is 1.98. The van der Waals surface area contributed by atoms with Gasteiger partial charge in [-0.15, -0.1) is 0 Å². The average Bonchev–Trinajstić information content (AvgIpc) is 2.99. The average molecular weight is 360 g/mol. The molecule has 0 aliphatic rings. The predicted octanol–water partition coefficient (Wildman–Crippen LogP) is 4.09. The Balaban J connectivity index is 1.73. The molecule has 0 fully saturated rings. The monoisotopic (exact) mass is 359 g/mol. The molecule has 0 saturated carbocycles. The summed E-state index contributed by atoms with van der Waals surface area (Å²) in [7, 11) is 0. The number of nitrogens with zero attached hydrogens (tertiary/aromatic N) is 3. The third-order valence-electron chi connectivity index (χ3n) is 3.21. The first-order valence-corrected chi connectivity index (χ1v) is 7.55. The molecule has 3 aromatic rings. The summed E-state index contributed by atoms with van der Waals surface area (Å²) in [5, 5.41) is 3.95. The molecule has 0 amide bonds. The number of benzene rings is 1. The van der Waals surface area contributed by atoms with E-state index in [1.807, 2.05) is 38.1 Å². The van der Waals surface area contributed by atoms with Crippen LogP contribution in [0.4, 0.5) is 0 Å². The van der Waals surface area contributed by atoms with Crippen LogP contribution in [0.3, 0.4) is 0 Å². The van der Waals surface area contributed by atoms with E-state index in [4.69, 9.17) is 9.26 Å². The summed E-state index contributed by atoms with van der Waals surface area (Å²) in [5.74, 6) is 1.78. The van der Waals surface area contributed by atoms with Crippen LogP contribution in [0.25, 0.3) is 11.4 Å². The molecule has 0 bridgehead atoms. The number of hydrogen-bond acceptors (Lipinski definition) is 5. The van der Waals surface area contributed by atoms with Gasteiger partial charge in [0.15, 0.2) is 6.61 Å². The van der Waals surface area contributed by atoms with Crippen LogP contribution in [0.15, 0.2) is 45.7 Å². The molecule has 2 aromatic heterocycles. The van der Waals surface area contributed by atoms with Crippen molar-refractivity contribution in [3.63, 3.8) is 0 Å². The SMILES string of the molecule is Cc1cc(OCc2nc(-c3ccncc3)no2)c(C)cc1Br. The topological polar surface area (TPSA) is 61.0 Å². The molecule has 6 heteroatoms. The van der Waals surface area contributed by atoms with Gasteiger partial charge in [0.2, 0.25) is 5.82 Å². The quantitative estimate of drug-likeness (QED) is 0.701. The Kier molecular flexibility index (Phi) is 4.20. The highest BCUT2D eigenvalue weighted by Crippen LogP contribution is 2.27. The van der Waals surface area contributed by atoms with Gasteiger partial charge in [-0.1, -0.05) is 21.1 Å². The standard InChI is InChI=1S/C16H14BrN3O2/c1-10-8-14(11(2)7-13(10)17)21-9-15-19-16(20-22-15)12-3-5-18-6-4-12/h3-8H,9H2,1-2H3. The molecule has 0 N–H and O–H groups in total. The first kappa shape index (κ1) is 14.7. The molecule has 0 aliphatic carbocycles. The van der Waals surface area contributed by atoms with Crippen molar-refractivity contribution in [3.8, 4) is 17.1 Å². The Bertz CT molecular complexity index is 787. The van der Waals surface area contributed by atoms with Gasteiger partial charge < -0.3 is 9.26 Å². The summed E-state index contributed by atoms with van der Waals surface area (Å²) in [6.07, 6.45) is 3.38. The lowest BCUT2D eigenvalue weighted by atomic mass is 10.1. The molecular formula is C16H14BrN3O2. The highest BCUT2D eigenvalue weighted by atomic mass is 79.9. The van der Waals surface area contributed by atoms with Gasteiger partial charge >= 0.3 is 0 Å². The van der Waals surface area contributed by atoms with E-state index in [2.05, 4.69) is 31.1 Å². The van der Waals surface area contributed by atoms with E-state index < -0.39 is 0 Å². The van der Waals surface area contributed by atoms with Crippen LogP contribution in [0, 0.1) is 13.8 Å². The summed E-state index contributed by atoms with van der Waals surface area (Å²) in [5.41, 5.74) is 3.02. The number of hydrogen-bond donors (Lipinski definition) is 0. The van der Waals surface area contributed by atoms with E-state index in [9.17, 15) is 0 Å². The maximum absolute atomic E-state index is 5.78. The second-order valence-electron chi connectivity index (χ2n) is 4.90. The summed E-state index contributed by atoms with van der Waals surface area (Å²) >= 11 is 3.50. The van der Waals surface area contributed by atoms with Crippen molar-refractivity contribution in [1.29, 1.82) is 0 Å². The molecule has 5 nitrogen and oxygen atoms in total. The van der Waals surface area contributed by atoms with E-state index in [1.165, 1.54) is 0 Å². The Labute approximate surface area is 136 Å². The third-order valence-corrected chi connectivity index (χ3v) is 4.07. The fraction of sp³-hybridized carbons (Fsp3) is 0.188. The lowest BCUT2D eigenvalue weighted by Crippen LogP contribution is -1.98. The van der Waals surface area contributed by atoms with Gasteiger partial charge in [0.1, 0.15) is 5.75 Å². The zero-order chi connectivity index (χ0) is 15.5. The Hall–Kier alpha value is -2.21. The van der Waals surface area contributed by atoms with Gasteiger partial charge in [0.25, 0.3) is 5.89 Å². The van der Waals surface area contributed by atoms with E-state index in [0.717, 1.165) is 26.9 Å². The number of ether oxygens (including phenoxy) is 1. The van der Waals surface area contributed by atoms with Crippen molar-refractivity contribution < 1.29 is 9.26 Å². The fourth-order valence-corrected chi connectivity index (χ4v) is 2.44. The van der Waals surface area contributed by atoms with E-state index in [0.29, 0.717) is 11.7 Å². The molecule has 0 saturated heterocycles. The van der Waals surface area contributed by atoms with Crippen molar-refractivity contribution >= 4 is 15.9 Å². The lowest BCUT2D eigenvalue weighted by Gasteiger charge is -2.09. The van der Waals surface area contributed by atoms with Crippen LogP contribution in [0.5, 0.6) is 5.75 Å². The van der Waals surface area contributed by atoms with E-state index in [1.54, 1.807) is 12.4 Å². The second kappa shape index (κ2) is 6.27. The third kappa shape index (κ3) is 3.17. The van der Waals surface area contributed by atoms with Gasteiger partial charge in [-0.25, -0.2) is 0 Å². The Morgan fingerprint density at radius 1 is 1.14 bits per heavy atom. The van der Waals surface area contributed by atoms with E-state index >= 15 is 0 Å². The highest BCUT2D eigenvalue weighted by Gasteiger charge is 2.10. The first-order valence-electron chi connectivity index (χ1n) is 6.76. The van der Waals surface area contributed by atoms with Crippen molar-refractivity contribution in [2.24, 2.45) is 0 Å². The minimum atomic E-state index is 0.236.